The topological polar surface area (TPSA) is 15.3 Å². The second-order valence-corrected chi connectivity index (χ2v) is 3.99. The van der Waals surface area contributed by atoms with Crippen LogP contribution in [0, 0.1) is 5.82 Å². The highest BCUT2D eigenvalue weighted by molar-refractivity contribution is 5.73. The van der Waals surface area contributed by atoms with E-state index >= 15 is 0 Å². The van der Waals surface area contributed by atoms with Gasteiger partial charge in [0.1, 0.15) is 5.82 Å². The molecule has 2 aliphatic rings. The van der Waals surface area contributed by atoms with Crippen molar-refractivity contribution in [3.05, 3.63) is 24.0 Å². The molecule has 1 fully saturated rings. The molecule has 1 aromatic carbocycles. The molecule has 0 radical (unpaired) electrons. The summed E-state index contributed by atoms with van der Waals surface area (Å²) in [6, 6.07) is 5.97. The van der Waals surface area contributed by atoms with E-state index in [2.05, 4.69) is 10.2 Å². The number of anilines is 2. The van der Waals surface area contributed by atoms with Crippen molar-refractivity contribution < 1.29 is 4.39 Å². The maximum absolute atomic E-state index is 13.4. The molecule has 3 heteroatoms. The first kappa shape index (κ1) is 8.09. The minimum Gasteiger partial charge on any atom is -0.379 e. The van der Waals surface area contributed by atoms with Crippen LogP contribution in [0.1, 0.15) is 12.8 Å². The predicted octanol–water partition coefficient (Wildman–Crippen LogP) is 2.22. The number of hydrogen-bond acceptors (Lipinski definition) is 2. The molecule has 3 rings (SSSR count). The van der Waals surface area contributed by atoms with Crippen molar-refractivity contribution >= 4 is 11.4 Å². The van der Waals surface area contributed by atoms with Gasteiger partial charge in [0, 0.05) is 19.1 Å². The van der Waals surface area contributed by atoms with Crippen LogP contribution >= 0.6 is 0 Å². The summed E-state index contributed by atoms with van der Waals surface area (Å²) in [7, 11) is 0. The molecular formula is C11H13FN2. The van der Waals surface area contributed by atoms with Crippen LogP contribution in [0.15, 0.2) is 18.2 Å². The molecule has 2 nitrogen and oxygen atoms in total. The van der Waals surface area contributed by atoms with E-state index in [4.69, 9.17) is 0 Å². The zero-order valence-corrected chi connectivity index (χ0v) is 7.96. The lowest BCUT2D eigenvalue weighted by Gasteiger charge is -2.32. The highest BCUT2D eigenvalue weighted by Gasteiger charge is 2.32. The molecule has 0 aromatic heterocycles. The van der Waals surface area contributed by atoms with Gasteiger partial charge in [-0.1, -0.05) is 6.07 Å². The Morgan fingerprint density at radius 3 is 3.00 bits per heavy atom. The van der Waals surface area contributed by atoms with Crippen molar-refractivity contribution in [3.63, 3.8) is 0 Å². The zero-order chi connectivity index (χ0) is 9.54. The predicted molar refractivity (Wildman–Crippen MR) is 55.3 cm³/mol. The van der Waals surface area contributed by atoms with Gasteiger partial charge in [0.25, 0.3) is 0 Å². The smallest absolute Gasteiger partial charge is 0.148 e. The lowest BCUT2D eigenvalue weighted by atomic mass is 10.2. The van der Waals surface area contributed by atoms with E-state index in [0.717, 1.165) is 18.8 Å². The number of nitrogens with one attached hydrogen (secondary N) is 1. The van der Waals surface area contributed by atoms with Crippen LogP contribution in [0.4, 0.5) is 15.8 Å². The van der Waals surface area contributed by atoms with E-state index in [1.807, 2.05) is 6.07 Å². The number of fused-ring (bicyclic) bond motifs is 1. The molecular weight excluding hydrogens is 179 g/mol. The van der Waals surface area contributed by atoms with E-state index in [1.165, 1.54) is 18.9 Å². The van der Waals surface area contributed by atoms with Gasteiger partial charge in [0.05, 0.1) is 11.4 Å². The molecule has 1 aliphatic heterocycles. The summed E-state index contributed by atoms with van der Waals surface area (Å²) in [4.78, 5) is 2.33. The molecule has 0 saturated heterocycles. The van der Waals surface area contributed by atoms with Gasteiger partial charge in [-0.15, -0.1) is 0 Å². The largest absolute Gasteiger partial charge is 0.379 e. The maximum Gasteiger partial charge on any atom is 0.148 e. The number of nitrogens with zero attached hydrogens (tertiary/aromatic N) is 1. The summed E-state index contributed by atoms with van der Waals surface area (Å²) in [6.07, 6.45) is 2.52. The monoisotopic (exact) mass is 192 g/mol. The van der Waals surface area contributed by atoms with Crippen LogP contribution in [0.25, 0.3) is 0 Å². The van der Waals surface area contributed by atoms with Crippen molar-refractivity contribution in [2.45, 2.75) is 18.9 Å². The SMILES string of the molecule is Fc1cccc2c1NCCN2C1CC1. The molecule has 0 bridgehead atoms. The lowest BCUT2D eigenvalue weighted by Crippen LogP contribution is -2.35. The Morgan fingerprint density at radius 2 is 2.21 bits per heavy atom. The lowest BCUT2D eigenvalue weighted by molar-refractivity contribution is 0.625. The second kappa shape index (κ2) is 2.87. The summed E-state index contributed by atoms with van der Waals surface area (Å²) in [5.41, 5.74) is 1.73. The molecule has 1 heterocycles. The molecule has 0 amide bonds. The average Bonchev–Trinajstić information content (AvgIpc) is 3.01. The van der Waals surface area contributed by atoms with Gasteiger partial charge in [-0.3, -0.25) is 0 Å². The summed E-state index contributed by atoms with van der Waals surface area (Å²) in [5, 5.41) is 3.13. The van der Waals surface area contributed by atoms with E-state index in [9.17, 15) is 4.39 Å². The van der Waals surface area contributed by atoms with Crippen LogP contribution in [0.2, 0.25) is 0 Å². The number of benzene rings is 1. The fourth-order valence-electron chi connectivity index (χ4n) is 2.11. The second-order valence-electron chi connectivity index (χ2n) is 3.99. The van der Waals surface area contributed by atoms with Crippen LogP contribution in [0.3, 0.4) is 0 Å². The van der Waals surface area contributed by atoms with Crippen LogP contribution in [-0.2, 0) is 0 Å². The molecule has 1 aromatic rings. The molecule has 1 aliphatic carbocycles. The minimum absolute atomic E-state index is 0.132. The fraction of sp³-hybridized carbons (Fsp3) is 0.455. The van der Waals surface area contributed by atoms with Gasteiger partial charge in [0.15, 0.2) is 0 Å². The first-order valence-corrected chi connectivity index (χ1v) is 5.15. The van der Waals surface area contributed by atoms with Crippen molar-refractivity contribution in [2.24, 2.45) is 0 Å². The number of para-hydroxylation sites is 1. The minimum atomic E-state index is -0.132. The number of rotatable bonds is 1. The molecule has 0 spiro atoms. The standard InChI is InChI=1S/C11H13FN2/c12-9-2-1-3-10-11(9)13-6-7-14(10)8-4-5-8/h1-3,8,13H,4-7H2. The van der Waals surface area contributed by atoms with Gasteiger partial charge in [-0.2, -0.15) is 0 Å². The molecule has 14 heavy (non-hydrogen) atoms. The summed E-state index contributed by atoms with van der Waals surface area (Å²) in [5.74, 6) is -0.132. The van der Waals surface area contributed by atoms with Gasteiger partial charge in [-0.05, 0) is 25.0 Å². The third kappa shape index (κ3) is 1.15. The van der Waals surface area contributed by atoms with Gasteiger partial charge < -0.3 is 10.2 Å². The zero-order valence-electron chi connectivity index (χ0n) is 7.96. The van der Waals surface area contributed by atoms with E-state index in [-0.39, 0.29) is 5.82 Å². The van der Waals surface area contributed by atoms with E-state index in [1.54, 1.807) is 6.07 Å². The Kier molecular flexibility index (Phi) is 1.66. The highest BCUT2D eigenvalue weighted by Crippen LogP contribution is 2.38. The Morgan fingerprint density at radius 1 is 1.36 bits per heavy atom. The fourth-order valence-corrected chi connectivity index (χ4v) is 2.11. The van der Waals surface area contributed by atoms with Gasteiger partial charge >= 0.3 is 0 Å². The van der Waals surface area contributed by atoms with Crippen molar-refractivity contribution in [1.82, 2.24) is 0 Å². The van der Waals surface area contributed by atoms with Crippen molar-refractivity contribution in [1.29, 1.82) is 0 Å². The maximum atomic E-state index is 13.4. The van der Waals surface area contributed by atoms with Crippen LogP contribution in [-0.4, -0.2) is 19.1 Å². The first-order chi connectivity index (χ1) is 6.86. The van der Waals surface area contributed by atoms with Gasteiger partial charge in [0.2, 0.25) is 0 Å². The average molecular weight is 192 g/mol. The molecule has 0 atom stereocenters. The van der Waals surface area contributed by atoms with Crippen LogP contribution in [0.5, 0.6) is 0 Å². The number of hydrogen-bond donors (Lipinski definition) is 1. The third-order valence-corrected chi connectivity index (χ3v) is 2.94. The van der Waals surface area contributed by atoms with E-state index < -0.39 is 0 Å². The summed E-state index contributed by atoms with van der Waals surface area (Å²) < 4.78 is 13.4. The van der Waals surface area contributed by atoms with Gasteiger partial charge in [-0.25, -0.2) is 4.39 Å². The highest BCUT2D eigenvalue weighted by atomic mass is 19.1. The Balaban J connectivity index is 2.05. The summed E-state index contributed by atoms with van der Waals surface area (Å²) >= 11 is 0. The van der Waals surface area contributed by atoms with Crippen molar-refractivity contribution in [2.75, 3.05) is 23.3 Å². The van der Waals surface area contributed by atoms with E-state index in [0.29, 0.717) is 11.7 Å². The molecule has 1 N–H and O–H groups in total. The van der Waals surface area contributed by atoms with Crippen molar-refractivity contribution in [3.8, 4) is 0 Å². The normalized spacial score (nSPS) is 20.2. The third-order valence-electron chi connectivity index (χ3n) is 2.94. The molecule has 74 valence electrons. The first-order valence-electron chi connectivity index (χ1n) is 5.15. The number of halogens is 1. The molecule has 0 unspecified atom stereocenters. The quantitative estimate of drug-likeness (QED) is 0.734. The summed E-state index contributed by atoms with van der Waals surface area (Å²) in [6.45, 7) is 1.85. The molecule has 1 saturated carbocycles. The Hall–Kier alpha value is -1.25. The Bertz CT molecular complexity index is 360. The Labute approximate surface area is 82.7 Å². The van der Waals surface area contributed by atoms with Crippen LogP contribution < -0.4 is 10.2 Å².